The summed E-state index contributed by atoms with van der Waals surface area (Å²) in [7, 11) is 1.50. The zero-order chi connectivity index (χ0) is 21.3. The van der Waals surface area contributed by atoms with Crippen LogP contribution in [0.5, 0.6) is 5.75 Å². The number of rotatable bonds is 5. The molecule has 1 N–H and O–H groups in total. The van der Waals surface area contributed by atoms with Gasteiger partial charge in [0.05, 0.1) is 7.11 Å². The number of ether oxygens (including phenoxy) is 1. The van der Waals surface area contributed by atoms with Gasteiger partial charge in [0, 0.05) is 29.6 Å². The molecule has 0 saturated heterocycles. The molecule has 4 rings (SSSR count). The number of nitrogens with zero attached hydrogens (tertiary/aromatic N) is 2. The fourth-order valence-electron chi connectivity index (χ4n) is 3.68. The maximum absolute atomic E-state index is 13.4. The molecule has 1 aliphatic carbocycles. The van der Waals surface area contributed by atoms with Crippen molar-refractivity contribution in [2.45, 2.75) is 38.3 Å². The Hall–Kier alpha value is -3.10. The summed E-state index contributed by atoms with van der Waals surface area (Å²) in [6, 6.07) is 6.88. The topological polar surface area (TPSA) is 77.2 Å². The highest BCUT2D eigenvalue weighted by Crippen LogP contribution is 2.34. The number of methoxy groups -OCH3 is 1. The first kappa shape index (κ1) is 20.2. The van der Waals surface area contributed by atoms with Crippen molar-refractivity contribution in [3.05, 3.63) is 52.8 Å². The lowest BCUT2D eigenvalue weighted by atomic mass is 9.94. The maximum atomic E-state index is 13.4. The fourth-order valence-corrected chi connectivity index (χ4v) is 3.68. The third-order valence-electron chi connectivity index (χ3n) is 5.08. The number of alkyl halides is 3. The van der Waals surface area contributed by atoms with E-state index in [-0.39, 0.29) is 30.1 Å². The standard InChI is InChI=1S/C21H20F3N3O3/c1-29-15-8-4-5-12-11-16(30-18(12)15)20(28)25-10-9-17-26-14-7-3-2-6-13(14)19(27-17)21(22,23)24/h4-5,8,11H,2-3,6-7,9-10H2,1H3,(H,25,28). The quantitative estimate of drug-likeness (QED) is 0.674. The average molecular weight is 419 g/mol. The molecule has 1 amide bonds. The molecule has 9 heteroatoms. The summed E-state index contributed by atoms with van der Waals surface area (Å²) in [5, 5.41) is 3.36. The van der Waals surface area contributed by atoms with Crippen LogP contribution in [0.1, 0.15) is 46.2 Å². The number of benzene rings is 1. The van der Waals surface area contributed by atoms with E-state index in [1.54, 1.807) is 24.3 Å². The van der Waals surface area contributed by atoms with Gasteiger partial charge >= 0.3 is 6.18 Å². The number of halogens is 3. The number of fused-ring (bicyclic) bond motifs is 2. The molecule has 1 aliphatic rings. The lowest BCUT2D eigenvalue weighted by Crippen LogP contribution is -2.27. The lowest BCUT2D eigenvalue weighted by Gasteiger charge is -2.20. The van der Waals surface area contributed by atoms with Crippen molar-refractivity contribution < 1.29 is 27.1 Å². The summed E-state index contributed by atoms with van der Waals surface area (Å²) in [5.41, 5.74) is 0.280. The second-order valence-corrected chi connectivity index (χ2v) is 7.11. The molecule has 0 unspecified atom stereocenters. The van der Waals surface area contributed by atoms with Gasteiger partial charge in [0.25, 0.3) is 5.91 Å². The van der Waals surface area contributed by atoms with Gasteiger partial charge in [-0.1, -0.05) is 12.1 Å². The van der Waals surface area contributed by atoms with Crippen LogP contribution >= 0.6 is 0 Å². The monoisotopic (exact) mass is 419 g/mol. The van der Waals surface area contributed by atoms with Crippen molar-refractivity contribution in [1.29, 1.82) is 0 Å². The van der Waals surface area contributed by atoms with Gasteiger partial charge in [-0.2, -0.15) is 13.2 Å². The highest BCUT2D eigenvalue weighted by atomic mass is 19.4. The second-order valence-electron chi connectivity index (χ2n) is 7.11. The Morgan fingerprint density at radius 2 is 2.03 bits per heavy atom. The molecule has 0 bridgehead atoms. The predicted molar refractivity (Wildman–Crippen MR) is 102 cm³/mol. The van der Waals surface area contributed by atoms with Gasteiger partial charge in [-0.05, 0) is 37.8 Å². The van der Waals surface area contributed by atoms with Gasteiger partial charge in [-0.25, -0.2) is 9.97 Å². The van der Waals surface area contributed by atoms with Crippen LogP contribution in [-0.4, -0.2) is 29.5 Å². The Kier molecular flexibility index (Phi) is 5.36. The largest absolute Gasteiger partial charge is 0.493 e. The number of aromatic nitrogens is 2. The smallest absolute Gasteiger partial charge is 0.433 e. The van der Waals surface area contributed by atoms with Crippen molar-refractivity contribution in [3.8, 4) is 5.75 Å². The minimum atomic E-state index is -4.52. The van der Waals surface area contributed by atoms with Crippen LogP contribution in [-0.2, 0) is 25.4 Å². The Balaban J connectivity index is 1.47. The molecule has 0 radical (unpaired) electrons. The highest BCUT2D eigenvalue weighted by Gasteiger charge is 2.37. The van der Waals surface area contributed by atoms with E-state index in [9.17, 15) is 18.0 Å². The molecule has 2 heterocycles. The molecule has 30 heavy (non-hydrogen) atoms. The van der Waals surface area contributed by atoms with E-state index >= 15 is 0 Å². The number of amides is 1. The number of aryl methyl sites for hydroxylation is 1. The van der Waals surface area contributed by atoms with E-state index in [2.05, 4.69) is 15.3 Å². The molecule has 1 aromatic carbocycles. The summed E-state index contributed by atoms with van der Waals surface area (Å²) in [6.07, 6.45) is -2.05. The number of carbonyl (C=O) groups is 1. The number of furan rings is 1. The van der Waals surface area contributed by atoms with Crippen LogP contribution in [0.15, 0.2) is 28.7 Å². The van der Waals surface area contributed by atoms with Gasteiger partial charge in [-0.3, -0.25) is 4.79 Å². The third kappa shape index (κ3) is 3.96. The number of hydrogen-bond donors (Lipinski definition) is 1. The maximum Gasteiger partial charge on any atom is 0.433 e. The van der Waals surface area contributed by atoms with E-state index in [1.807, 2.05) is 0 Å². The Bertz CT molecular complexity index is 1090. The van der Waals surface area contributed by atoms with E-state index in [4.69, 9.17) is 9.15 Å². The molecule has 6 nitrogen and oxygen atoms in total. The van der Waals surface area contributed by atoms with Crippen LogP contribution in [0.3, 0.4) is 0 Å². The first-order chi connectivity index (χ1) is 14.4. The summed E-state index contributed by atoms with van der Waals surface area (Å²) in [4.78, 5) is 20.5. The van der Waals surface area contributed by atoms with Crippen molar-refractivity contribution in [3.63, 3.8) is 0 Å². The molecule has 0 fully saturated rings. The SMILES string of the molecule is COc1cccc2cc(C(=O)NCCc3nc4c(c(C(F)(F)F)n3)CCCC4)oc12. The summed E-state index contributed by atoms with van der Waals surface area (Å²) < 4.78 is 51.0. The Morgan fingerprint density at radius 1 is 1.23 bits per heavy atom. The van der Waals surface area contributed by atoms with Crippen LogP contribution in [0.25, 0.3) is 11.0 Å². The van der Waals surface area contributed by atoms with Crippen LogP contribution < -0.4 is 10.1 Å². The molecule has 0 atom stereocenters. The van der Waals surface area contributed by atoms with Crippen LogP contribution in [0, 0.1) is 0 Å². The zero-order valence-electron chi connectivity index (χ0n) is 16.3. The second kappa shape index (κ2) is 7.97. The summed E-state index contributed by atoms with van der Waals surface area (Å²) >= 11 is 0. The first-order valence-corrected chi connectivity index (χ1v) is 9.67. The Morgan fingerprint density at radius 3 is 2.80 bits per heavy atom. The Labute approximate surface area is 170 Å². The van der Waals surface area contributed by atoms with E-state index in [0.717, 1.165) is 6.42 Å². The van der Waals surface area contributed by atoms with Crippen LogP contribution in [0.2, 0.25) is 0 Å². The van der Waals surface area contributed by atoms with E-state index in [1.165, 1.54) is 7.11 Å². The van der Waals surface area contributed by atoms with Gasteiger partial charge in [0.2, 0.25) is 0 Å². The van der Waals surface area contributed by atoms with Gasteiger partial charge in [0.15, 0.2) is 22.8 Å². The van der Waals surface area contributed by atoms with Gasteiger partial charge in [0.1, 0.15) is 5.82 Å². The molecule has 3 aromatic rings. The van der Waals surface area contributed by atoms with Gasteiger partial charge in [-0.15, -0.1) is 0 Å². The van der Waals surface area contributed by atoms with Crippen molar-refractivity contribution in [2.75, 3.05) is 13.7 Å². The fraction of sp³-hybridized carbons (Fsp3) is 0.381. The normalized spacial score (nSPS) is 13.9. The molecular formula is C21H20F3N3O3. The minimum Gasteiger partial charge on any atom is -0.493 e. The van der Waals surface area contributed by atoms with E-state index in [0.29, 0.717) is 41.7 Å². The zero-order valence-corrected chi connectivity index (χ0v) is 16.3. The minimum absolute atomic E-state index is 0.0783. The predicted octanol–water partition coefficient (Wildman–Crippen LogP) is 4.10. The van der Waals surface area contributed by atoms with Crippen LogP contribution in [0.4, 0.5) is 13.2 Å². The average Bonchev–Trinajstić information content (AvgIpc) is 3.17. The first-order valence-electron chi connectivity index (χ1n) is 9.67. The molecule has 0 saturated carbocycles. The summed E-state index contributed by atoms with van der Waals surface area (Å²) in [5.74, 6) is 0.210. The third-order valence-corrected chi connectivity index (χ3v) is 5.08. The summed E-state index contributed by atoms with van der Waals surface area (Å²) in [6.45, 7) is 0.0864. The lowest BCUT2D eigenvalue weighted by molar-refractivity contribution is -0.142. The molecule has 158 valence electrons. The van der Waals surface area contributed by atoms with Gasteiger partial charge < -0.3 is 14.5 Å². The number of nitrogens with one attached hydrogen (secondary N) is 1. The molecule has 0 spiro atoms. The van der Waals surface area contributed by atoms with Crippen molar-refractivity contribution in [1.82, 2.24) is 15.3 Å². The van der Waals surface area contributed by atoms with Crippen molar-refractivity contribution in [2.24, 2.45) is 0 Å². The number of para-hydroxylation sites is 1. The molecular weight excluding hydrogens is 399 g/mol. The number of hydrogen-bond acceptors (Lipinski definition) is 5. The molecule has 2 aromatic heterocycles. The highest BCUT2D eigenvalue weighted by molar-refractivity contribution is 5.97. The van der Waals surface area contributed by atoms with Crippen molar-refractivity contribution >= 4 is 16.9 Å². The van der Waals surface area contributed by atoms with E-state index < -0.39 is 17.8 Å². The molecule has 0 aliphatic heterocycles. The number of carbonyl (C=O) groups excluding carboxylic acids is 1.